The van der Waals surface area contributed by atoms with Crippen LogP contribution in [0, 0.1) is 6.08 Å². The van der Waals surface area contributed by atoms with Crippen molar-refractivity contribution < 1.29 is 19.0 Å². The Morgan fingerprint density at radius 3 is 3.04 bits per heavy atom. The Balaban J connectivity index is 1.71. The molecule has 1 atom stereocenters. The Morgan fingerprint density at radius 1 is 1.30 bits per heavy atom. The van der Waals surface area contributed by atoms with Crippen LogP contribution in [0.1, 0.15) is 31.9 Å². The molecule has 1 unspecified atom stereocenters. The van der Waals surface area contributed by atoms with Gasteiger partial charge in [0.2, 0.25) is 0 Å². The molecule has 0 spiro atoms. The van der Waals surface area contributed by atoms with E-state index in [0.717, 1.165) is 25.7 Å². The van der Waals surface area contributed by atoms with E-state index in [9.17, 15) is 9.50 Å². The summed E-state index contributed by atoms with van der Waals surface area (Å²) in [5.41, 5.74) is 1.39. The van der Waals surface area contributed by atoms with Gasteiger partial charge in [0.05, 0.1) is 13.4 Å². The van der Waals surface area contributed by atoms with E-state index >= 15 is 0 Å². The molecule has 1 fully saturated rings. The summed E-state index contributed by atoms with van der Waals surface area (Å²) in [6.45, 7) is 0.663. The number of rotatable bonds is 4. The molecule has 0 amide bonds. The SMILES string of the molecule is COc1cc(Nc2nc(F)nc3c2ncn3C2CCCCCO2)ccc1O. The van der Waals surface area contributed by atoms with E-state index in [4.69, 9.17) is 9.47 Å². The highest BCUT2D eigenvalue weighted by atomic mass is 19.1. The minimum Gasteiger partial charge on any atom is -0.504 e. The number of halogens is 1. The van der Waals surface area contributed by atoms with Crippen LogP contribution in [0.5, 0.6) is 11.5 Å². The largest absolute Gasteiger partial charge is 0.504 e. The number of benzene rings is 1. The minimum atomic E-state index is -0.855. The summed E-state index contributed by atoms with van der Waals surface area (Å²) in [5.74, 6) is 0.539. The molecule has 2 N–H and O–H groups in total. The number of phenols is 1. The predicted octanol–water partition coefficient (Wildman–Crippen LogP) is 3.51. The minimum absolute atomic E-state index is 0.0110. The summed E-state index contributed by atoms with van der Waals surface area (Å²) in [5, 5.41) is 12.7. The van der Waals surface area contributed by atoms with E-state index in [2.05, 4.69) is 20.3 Å². The molecule has 2 aromatic heterocycles. The van der Waals surface area contributed by atoms with Crippen LogP contribution in [0.15, 0.2) is 24.5 Å². The number of hydrogen-bond donors (Lipinski definition) is 2. The normalized spacial score (nSPS) is 17.6. The van der Waals surface area contributed by atoms with Crippen molar-refractivity contribution in [2.45, 2.75) is 31.9 Å². The maximum atomic E-state index is 14.1. The fourth-order valence-electron chi connectivity index (χ4n) is 3.20. The van der Waals surface area contributed by atoms with Gasteiger partial charge in [0, 0.05) is 18.4 Å². The lowest BCUT2D eigenvalue weighted by atomic mass is 10.2. The summed E-state index contributed by atoms with van der Waals surface area (Å²) < 4.78 is 26.8. The van der Waals surface area contributed by atoms with E-state index in [0.29, 0.717) is 29.2 Å². The molecule has 1 aliphatic heterocycles. The number of nitrogens with zero attached hydrogens (tertiary/aromatic N) is 4. The third-order valence-corrected chi connectivity index (χ3v) is 4.55. The highest BCUT2D eigenvalue weighted by molar-refractivity contribution is 5.85. The standard InChI is InChI=1S/C18H20FN5O3/c1-26-13-9-11(6-7-12(13)25)21-16-15-17(23-18(19)22-16)24(10-20-15)14-5-3-2-4-8-27-14/h6-7,9-10,14,25H,2-5,8H2,1H3,(H,21,22,23). The molecule has 1 aliphatic rings. The van der Waals surface area contributed by atoms with Gasteiger partial charge in [-0.2, -0.15) is 14.4 Å². The van der Waals surface area contributed by atoms with Crippen molar-refractivity contribution in [3.05, 3.63) is 30.6 Å². The molecule has 9 heteroatoms. The molecule has 1 aromatic carbocycles. The quantitative estimate of drug-likeness (QED) is 0.534. The van der Waals surface area contributed by atoms with Gasteiger partial charge in [0.25, 0.3) is 0 Å². The molecular formula is C18H20FN5O3. The summed E-state index contributed by atoms with van der Waals surface area (Å²) in [6.07, 6.45) is 4.53. The van der Waals surface area contributed by atoms with Crippen molar-refractivity contribution in [2.75, 3.05) is 19.0 Å². The van der Waals surface area contributed by atoms with E-state index in [1.165, 1.54) is 13.2 Å². The van der Waals surface area contributed by atoms with Gasteiger partial charge in [-0.15, -0.1) is 0 Å². The van der Waals surface area contributed by atoms with Gasteiger partial charge < -0.3 is 19.9 Å². The maximum absolute atomic E-state index is 14.1. The van der Waals surface area contributed by atoms with Gasteiger partial charge in [-0.05, 0) is 31.4 Å². The number of anilines is 2. The number of imidazole rings is 1. The molecular weight excluding hydrogens is 353 g/mol. The molecule has 27 heavy (non-hydrogen) atoms. The first-order valence-electron chi connectivity index (χ1n) is 8.81. The van der Waals surface area contributed by atoms with Crippen LogP contribution in [0.2, 0.25) is 0 Å². The number of hydrogen-bond acceptors (Lipinski definition) is 7. The molecule has 0 aliphatic carbocycles. The average molecular weight is 373 g/mol. The molecule has 0 bridgehead atoms. The zero-order chi connectivity index (χ0) is 18.8. The summed E-state index contributed by atoms with van der Waals surface area (Å²) >= 11 is 0. The van der Waals surface area contributed by atoms with Crippen LogP contribution < -0.4 is 10.1 Å². The second kappa shape index (κ2) is 7.36. The average Bonchev–Trinajstić information content (AvgIpc) is 2.89. The number of aromatic hydroxyl groups is 1. The Kier molecular flexibility index (Phi) is 4.76. The molecule has 4 rings (SSSR count). The third kappa shape index (κ3) is 3.50. The highest BCUT2D eigenvalue weighted by Gasteiger charge is 2.21. The Morgan fingerprint density at radius 2 is 2.19 bits per heavy atom. The summed E-state index contributed by atoms with van der Waals surface area (Å²) in [6, 6.07) is 4.70. The smallest absolute Gasteiger partial charge is 0.312 e. The Labute approximate surface area is 155 Å². The van der Waals surface area contributed by atoms with Crippen LogP contribution in [0.25, 0.3) is 11.2 Å². The van der Waals surface area contributed by atoms with Crippen molar-refractivity contribution in [3.63, 3.8) is 0 Å². The van der Waals surface area contributed by atoms with Crippen LogP contribution in [0.3, 0.4) is 0 Å². The summed E-state index contributed by atoms with van der Waals surface area (Å²) in [7, 11) is 1.45. The zero-order valence-corrected chi connectivity index (χ0v) is 14.9. The predicted molar refractivity (Wildman–Crippen MR) is 96.7 cm³/mol. The fraction of sp³-hybridized carbons (Fsp3) is 0.389. The molecule has 0 radical (unpaired) electrons. The third-order valence-electron chi connectivity index (χ3n) is 4.55. The van der Waals surface area contributed by atoms with Gasteiger partial charge in [-0.1, -0.05) is 6.42 Å². The lowest BCUT2D eigenvalue weighted by Gasteiger charge is -2.17. The second-order valence-electron chi connectivity index (χ2n) is 6.35. The number of fused-ring (bicyclic) bond motifs is 1. The van der Waals surface area contributed by atoms with E-state index in [1.807, 2.05) is 0 Å². The number of phenolic OH excluding ortho intramolecular Hbond substituents is 1. The van der Waals surface area contributed by atoms with Crippen LogP contribution in [-0.4, -0.2) is 38.3 Å². The first-order chi connectivity index (χ1) is 13.2. The monoisotopic (exact) mass is 373 g/mol. The molecule has 3 aromatic rings. The number of ether oxygens (including phenoxy) is 2. The van der Waals surface area contributed by atoms with Gasteiger partial charge in [0.1, 0.15) is 6.23 Å². The van der Waals surface area contributed by atoms with Gasteiger partial charge in [-0.25, -0.2) is 4.98 Å². The zero-order valence-electron chi connectivity index (χ0n) is 14.9. The Bertz CT molecular complexity index is 954. The molecule has 142 valence electrons. The fourth-order valence-corrected chi connectivity index (χ4v) is 3.20. The van der Waals surface area contributed by atoms with Gasteiger partial charge in [0.15, 0.2) is 28.5 Å². The maximum Gasteiger partial charge on any atom is 0.312 e. The first-order valence-corrected chi connectivity index (χ1v) is 8.81. The lowest BCUT2D eigenvalue weighted by molar-refractivity contribution is 0.00928. The Hall–Kier alpha value is -2.94. The van der Waals surface area contributed by atoms with Crippen molar-refractivity contribution >= 4 is 22.7 Å². The van der Waals surface area contributed by atoms with E-state index in [1.54, 1.807) is 23.0 Å². The van der Waals surface area contributed by atoms with Gasteiger partial charge in [-0.3, -0.25) is 4.57 Å². The van der Waals surface area contributed by atoms with Crippen molar-refractivity contribution in [1.29, 1.82) is 0 Å². The summed E-state index contributed by atoms with van der Waals surface area (Å²) in [4.78, 5) is 12.1. The molecule has 8 nitrogen and oxygen atoms in total. The highest BCUT2D eigenvalue weighted by Crippen LogP contribution is 2.32. The van der Waals surface area contributed by atoms with Crippen LogP contribution >= 0.6 is 0 Å². The van der Waals surface area contributed by atoms with Gasteiger partial charge >= 0.3 is 6.08 Å². The second-order valence-corrected chi connectivity index (χ2v) is 6.35. The first kappa shape index (κ1) is 17.5. The molecule has 1 saturated heterocycles. The number of nitrogens with one attached hydrogen (secondary N) is 1. The van der Waals surface area contributed by atoms with Crippen molar-refractivity contribution in [2.24, 2.45) is 0 Å². The van der Waals surface area contributed by atoms with E-state index < -0.39 is 6.08 Å². The number of aromatic nitrogens is 4. The van der Waals surface area contributed by atoms with Crippen molar-refractivity contribution in [1.82, 2.24) is 19.5 Å². The molecule has 0 saturated carbocycles. The van der Waals surface area contributed by atoms with Crippen LogP contribution in [-0.2, 0) is 4.74 Å². The van der Waals surface area contributed by atoms with Crippen molar-refractivity contribution in [3.8, 4) is 11.5 Å². The molecule has 3 heterocycles. The number of methoxy groups -OCH3 is 1. The lowest BCUT2D eigenvalue weighted by Crippen LogP contribution is -2.12. The van der Waals surface area contributed by atoms with Crippen LogP contribution in [0.4, 0.5) is 15.9 Å². The topological polar surface area (TPSA) is 94.3 Å². The van der Waals surface area contributed by atoms with E-state index in [-0.39, 0.29) is 17.8 Å².